The molecule has 0 aliphatic heterocycles. The third kappa shape index (κ3) is 18.2. The first-order valence-corrected chi connectivity index (χ1v) is 19.5. The maximum absolute atomic E-state index is 13.9. The standard InChI is InChI=1S/C40H63N9O7/c1-26(2)23-33(49-39(54)34(25-28-15-7-4-8-16-28)48-36(51)30(44)24-27-13-5-3-6-14-27)38(53)46-31(19-12-21-42)37(52)45-22-10-9-18-32(40(55)56)47-35(50)29(43)17-11-20-41/h3-8,13-16,26,29-34H,9-12,17-25,41-44H2,1-2H3,(H,45,52)(H,46,53)(H,47,50)(H,48,51)(H,49,54)(H,55,56)/t29-,30-,31-,32?,33-,34-/m1/s1. The van der Waals surface area contributed by atoms with Gasteiger partial charge in [0.15, 0.2) is 0 Å². The molecule has 6 atom stereocenters. The number of amides is 5. The normalized spacial score (nSPS) is 14.3. The minimum atomic E-state index is -1.19. The van der Waals surface area contributed by atoms with Crippen molar-refractivity contribution < 1.29 is 33.9 Å². The molecule has 0 aromatic heterocycles. The van der Waals surface area contributed by atoms with Crippen LogP contribution in [0, 0.1) is 5.92 Å². The zero-order chi connectivity index (χ0) is 41.5. The molecule has 5 amide bonds. The van der Waals surface area contributed by atoms with E-state index in [1.54, 1.807) is 0 Å². The molecule has 2 aromatic carbocycles. The molecule has 0 spiro atoms. The van der Waals surface area contributed by atoms with Gasteiger partial charge in [0.2, 0.25) is 29.5 Å². The lowest BCUT2D eigenvalue weighted by Gasteiger charge is -2.27. The first kappa shape index (κ1) is 47.3. The number of nitrogens with one attached hydrogen (secondary N) is 5. The van der Waals surface area contributed by atoms with Crippen LogP contribution in [0.2, 0.25) is 0 Å². The van der Waals surface area contributed by atoms with Crippen molar-refractivity contribution in [2.24, 2.45) is 28.9 Å². The van der Waals surface area contributed by atoms with E-state index in [9.17, 15) is 33.9 Å². The molecule has 14 N–H and O–H groups in total. The number of benzene rings is 2. The highest BCUT2D eigenvalue weighted by atomic mass is 16.4. The summed E-state index contributed by atoms with van der Waals surface area (Å²) in [5.74, 6) is -3.91. The second-order valence-corrected chi connectivity index (χ2v) is 14.5. The molecule has 56 heavy (non-hydrogen) atoms. The molecular formula is C40H63N9O7. The SMILES string of the molecule is CC(C)C[C@@H](NC(=O)[C@@H](Cc1ccccc1)NC(=O)[C@H](N)Cc1ccccc1)C(=O)N[C@H](CCCN)C(=O)NCCCCC(NC(=O)[C@H](N)CCCN)C(=O)O. The van der Waals surface area contributed by atoms with Gasteiger partial charge in [-0.25, -0.2) is 4.79 Å². The quantitative estimate of drug-likeness (QED) is 0.0537. The molecule has 2 aromatic rings. The molecular weight excluding hydrogens is 718 g/mol. The Morgan fingerprint density at radius 2 is 1.04 bits per heavy atom. The van der Waals surface area contributed by atoms with Gasteiger partial charge >= 0.3 is 5.97 Å². The summed E-state index contributed by atoms with van der Waals surface area (Å²) in [6.07, 6.45) is 3.10. The monoisotopic (exact) mass is 781 g/mol. The van der Waals surface area contributed by atoms with E-state index in [4.69, 9.17) is 22.9 Å². The summed E-state index contributed by atoms with van der Waals surface area (Å²) in [5.41, 5.74) is 24.9. The zero-order valence-electron chi connectivity index (χ0n) is 32.7. The van der Waals surface area contributed by atoms with Gasteiger partial charge < -0.3 is 54.6 Å². The van der Waals surface area contributed by atoms with Gasteiger partial charge in [-0.05, 0) is 87.9 Å². The summed E-state index contributed by atoms with van der Waals surface area (Å²) in [6.45, 7) is 4.62. The molecule has 0 bridgehead atoms. The highest BCUT2D eigenvalue weighted by Crippen LogP contribution is 2.11. The molecule has 16 heteroatoms. The Morgan fingerprint density at radius 1 is 0.554 bits per heavy atom. The molecule has 2 rings (SSSR count). The number of carboxylic acids is 1. The van der Waals surface area contributed by atoms with E-state index >= 15 is 0 Å². The second-order valence-electron chi connectivity index (χ2n) is 14.5. The maximum atomic E-state index is 13.9. The Hall–Kier alpha value is -4.90. The topological polar surface area (TPSA) is 287 Å². The summed E-state index contributed by atoms with van der Waals surface area (Å²) < 4.78 is 0. The third-order valence-corrected chi connectivity index (χ3v) is 9.11. The number of unbranched alkanes of at least 4 members (excludes halogenated alkanes) is 1. The molecule has 0 saturated heterocycles. The number of hydrogen-bond acceptors (Lipinski definition) is 10. The molecule has 0 aliphatic rings. The highest BCUT2D eigenvalue weighted by Gasteiger charge is 2.31. The van der Waals surface area contributed by atoms with Crippen molar-refractivity contribution in [1.29, 1.82) is 0 Å². The van der Waals surface area contributed by atoms with Crippen molar-refractivity contribution >= 4 is 35.5 Å². The second kappa shape index (κ2) is 26.0. The average molecular weight is 782 g/mol. The highest BCUT2D eigenvalue weighted by molar-refractivity contribution is 5.95. The van der Waals surface area contributed by atoms with Crippen molar-refractivity contribution in [3.05, 3.63) is 71.8 Å². The average Bonchev–Trinajstić information content (AvgIpc) is 3.17. The van der Waals surface area contributed by atoms with Crippen LogP contribution in [-0.4, -0.2) is 96.5 Å². The lowest BCUT2D eigenvalue weighted by atomic mass is 10.00. The summed E-state index contributed by atoms with van der Waals surface area (Å²) in [7, 11) is 0. The Kier molecular flexibility index (Phi) is 22.0. The lowest BCUT2D eigenvalue weighted by molar-refractivity contribution is -0.142. The largest absolute Gasteiger partial charge is 0.480 e. The minimum absolute atomic E-state index is 0.0232. The fourth-order valence-corrected chi connectivity index (χ4v) is 5.95. The van der Waals surface area contributed by atoms with E-state index in [1.165, 1.54) is 0 Å². The maximum Gasteiger partial charge on any atom is 0.326 e. The Bertz CT molecular complexity index is 1510. The number of rotatable bonds is 27. The van der Waals surface area contributed by atoms with Crippen molar-refractivity contribution in [1.82, 2.24) is 26.6 Å². The first-order chi connectivity index (χ1) is 26.7. The lowest BCUT2D eigenvalue weighted by Crippen LogP contribution is -2.58. The van der Waals surface area contributed by atoms with Gasteiger partial charge in [-0.2, -0.15) is 0 Å². The summed E-state index contributed by atoms with van der Waals surface area (Å²) in [6, 6.07) is 12.5. The fraction of sp³-hybridized carbons (Fsp3) is 0.550. The van der Waals surface area contributed by atoms with Gasteiger partial charge in [0.05, 0.1) is 12.1 Å². The fourth-order valence-electron chi connectivity index (χ4n) is 5.95. The number of hydrogen-bond donors (Lipinski definition) is 10. The number of carboxylic acid groups (broad SMARTS) is 1. The predicted molar refractivity (Wildman–Crippen MR) is 214 cm³/mol. The van der Waals surface area contributed by atoms with Gasteiger partial charge in [0.1, 0.15) is 24.2 Å². The predicted octanol–water partition coefficient (Wildman–Crippen LogP) is -0.0394. The van der Waals surface area contributed by atoms with Crippen molar-refractivity contribution in [3.63, 3.8) is 0 Å². The van der Waals surface area contributed by atoms with Crippen LogP contribution in [0.1, 0.15) is 76.3 Å². The molecule has 310 valence electrons. The molecule has 0 aliphatic carbocycles. The van der Waals surface area contributed by atoms with Crippen LogP contribution in [0.4, 0.5) is 0 Å². The van der Waals surface area contributed by atoms with E-state index in [0.29, 0.717) is 38.6 Å². The van der Waals surface area contributed by atoms with E-state index in [-0.39, 0.29) is 51.1 Å². The number of carbonyl (C=O) groups excluding carboxylic acids is 5. The smallest absolute Gasteiger partial charge is 0.326 e. The van der Waals surface area contributed by atoms with E-state index in [2.05, 4.69) is 26.6 Å². The van der Waals surface area contributed by atoms with E-state index in [0.717, 1.165) is 11.1 Å². The van der Waals surface area contributed by atoms with Gasteiger partial charge in [0.25, 0.3) is 0 Å². The third-order valence-electron chi connectivity index (χ3n) is 9.11. The van der Waals surface area contributed by atoms with Crippen LogP contribution < -0.4 is 49.5 Å². The van der Waals surface area contributed by atoms with E-state index < -0.39 is 71.8 Å². The summed E-state index contributed by atoms with van der Waals surface area (Å²) >= 11 is 0. The van der Waals surface area contributed by atoms with Crippen molar-refractivity contribution in [2.75, 3.05) is 19.6 Å². The number of aliphatic carboxylic acids is 1. The van der Waals surface area contributed by atoms with Crippen LogP contribution in [-0.2, 0) is 41.6 Å². The Balaban J connectivity index is 2.08. The first-order valence-electron chi connectivity index (χ1n) is 19.5. The van der Waals surface area contributed by atoms with Gasteiger partial charge in [-0.15, -0.1) is 0 Å². The molecule has 0 radical (unpaired) electrons. The Labute approximate surface area is 330 Å². The number of nitrogens with two attached hydrogens (primary N) is 4. The summed E-state index contributed by atoms with van der Waals surface area (Å²) in [5, 5.41) is 23.2. The van der Waals surface area contributed by atoms with Gasteiger partial charge in [0, 0.05) is 13.0 Å². The Morgan fingerprint density at radius 3 is 1.61 bits per heavy atom. The summed E-state index contributed by atoms with van der Waals surface area (Å²) in [4.78, 5) is 78.2. The molecule has 0 fully saturated rings. The zero-order valence-corrected chi connectivity index (χ0v) is 32.7. The van der Waals surface area contributed by atoms with Crippen LogP contribution in [0.15, 0.2) is 60.7 Å². The molecule has 0 heterocycles. The molecule has 0 saturated carbocycles. The van der Waals surface area contributed by atoms with Crippen LogP contribution >= 0.6 is 0 Å². The van der Waals surface area contributed by atoms with Crippen LogP contribution in [0.5, 0.6) is 0 Å². The molecule has 1 unspecified atom stereocenters. The minimum Gasteiger partial charge on any atom is -0.480 e. The van der Waals surface area contributed by atoms with Crippen molar-refractivity contribution in [3.8, 4) is 0 Å². The van der Waals surface area contributed by atoms with Gasteiger partial charge in [-0.3, -0.25) is 24.0 Å². The van der Waals surface area contributed by atoms with Crippen LogP contribution in [0.25, 0.3) is 0 Å². The van der Waals surface area contributed by atoms with E-state index in [1.807, 2.05) is 74.5 Å². The van der Waals surface area contributed by atoms with Crippen molar-refractivity contribution in [2.45, 2.75) is 114 Å². The number of carbonyl (C=O) groups is 6. The van der Waals surface area contributed by atoms with Gasteiger partial charge in [-0.1, -0.05) is 74.5 Å². The molecule has 16 nitrogen and oxygen atoms in total. The van der Waals surface area contributed by atoms with Crippen LogP contribution in [0.3, 0.4) is 0 Å².